The number of aliphatic hydroxyl groups excluding tert-OH is 1. The molecule has 1 unspecified atom stereocenters. The van der Waals surface area contributed by atoms with Gasteiger partial charge in [-0.25, -0.2) is 9.78 Å². The molecule has 1 saturated heterocycles. The SMILES string of the molecule is C=CCOc1ccc(/C(O)=C2\C(=O)C(=O)N(c3nc(C)c(C(=O)OCC)s3)C2c2cc(OC)c(OC)c(OC)c2)cc1. The lowest BCUT2D eigenvalue weighted by atomic mass is 9.94. The molecule has 0 bridgehead atoms. The average molecular weight is 595 g/mol. The number of rotatable bonds is 11. The first kappa shape index (κ1) is 30.1. The van der Waals surface area contributed by atoms with E-state index < -0.39 is 29.5 Å². The third kappa shape index (κ3) is 5.53. The molecule has 1 aliphatic heterocycles. The molecule has 2 heterocycles. The van der Waals surface area contributed by atoms with Gasteiger partial charge in [0.05, 0.1) is 45.2 Å². The predicted molar refractivity (Wildman–Crippen MR) is 156 cm³/mol. The topological polar surface area (TPSA) is 134 Å². The Balaban J connectivity index is 1.95. The summed E-state index contributed by atoms with van der Waals surface area (Å²) in [6.45, 7) is 7.34. The number of methoxy groups -OCH3 is 3. The molecule has 1 atom stereocenters. The van der Waals surface area contributed by atoms with E-state index in [-0.39, 0.29) is 39.3 Å². The van der Waals surface area contributed by atoms with Crippen molar-refractivity contribution in [3.05, 3.63) is 76.3 Å². The second kappa shape index (κ2) is 12.8. The van der Waals surface area contributed by atoms with Gasteiger partial charge in [0, 0.05) is 5.56 Å². The molecule has 220 valence electrons. The number of amides is 1. The first-order valence-corrected chi connectivity index (χ1v) is 13.6. The molecule has 1 N–H and O–H groups in total. The molecule has 0 aliphatic carbocycles. The number of aryl methyl sites for hydroxylation is 1. The second-order valence-electron chi connectivity index (χ2n) is 8.88. The van der Waals surface area contributed by atoms with Crippen molar-refractivity contribution in [2.45, 2.75) is 19.9 Å². The molecule has 0 saturated carbocycles. The minimum atomic E-state index is -1.17. The molecular formula is C30H30N2O9S. The van der Waals surface area contributed by atoms with Crippen molar-refractivity contribution in [3.8, 4) is 23.0 Å². The monoisotopic (exact) mass is 594 g/mol. The number of thiazole rings is 1. The minimum Gasteiger partial charge on any atom is -0.507 e. The molecule has 2 aromatic carbocycles. The fraction of sp³-hybridized carbons (Fsp3) is 0.267. The second-order valence-corrected chi connectivity index (χ2v) is 9.86. The molecule has 11 nitrogen and oxygen atoms in total. The number of hydrogen-bond donors (Lipinski definition) is 1. The standard InChI is InChI=1S/C30H30N2O9S/c1-7-13-41-19-11-9-17(10-12-19)24(33)22-23(18-14-20(37-4)26(39-6)21(15-18)38-5)32(28(35)25(22)34)30-31-16(3)27(42-30)29(36)40-8-2/h7,9-12,14-15,23,33H,1,8,13H2,2-6H3/b24-22+. The van der Waals surface area contributed by atoms with Crippen molar-refractivity contribution in [3.63, 3.8) is 0 Å². The molecule has 4 rings (SSSR count). The number of nitrogens with zero attached hydrogens (tertiary/aromatic N) is 2. The van der Waals surface area contributed by atoms with Crippen LogP contribution in [0.1, 0.15) is 39.5 Å². The normalized spacial score (nSPS) is 15.8. The van der Waals surface area contributed by atoms with E-state index in [9.17, 15) is 19.5 Å². The number of esters is 1. The van der Waals surface area contributed by atoms with E-state index in [1.807, 2.05) is 0 Å². The van der Waals surface area contributed by atoms with Gasteiger partial charge in [-0.2, -0.15) is 0 Å². The minimum absolute atomic E-state index is 0.0728. The van der Waals surface area contributed by atoms with Crippen LogP contribution in [0.25, 0.3) is 5.76 Å². The van der Waals surface area contributed by atoms with E-state index in [1.54, 1.807) is 56.3 Å². The number of ether oxygens (including phenoxy) is 5. The van der Waals surface area contributed by atoms with Crippen molar-refractivity contribution in [1.29, 1.82) is 0 Å². The predicted octanol–water partition coefficient (Wildman–Crippen LogP) is 4.85. The molecule has 1 aromatic heterocycles. The van der Waals surface area contributed by atoms with Crippen LogP contribution in [0.3, 0.4) is 0 Å². The summed E-state index contributed by atoms with van der Waals surface area (Å²) in [6, 6.07) is 8.38. The molecule has 12 heteroatoms. The van der Waals surface area contributed by atoms with Crippen LogP contribution >= 0.6 is 11.3 Å². The van der Waals surface area contributed by atoms with Crippen LogP contribution in [0.4, 0.5) is 5.13 Å². The average Bonchev–Trinajstić information content (AvgIpc) is 3.51. The number of carbonyl (C=O) groups is 3. The summed E-state index contributed by atoms with van der Waals surface area (Å²) in [4.78, 5) is 45.5. The smallest absolute Gasteiger partial charge is 0.350 e. The molecule has 0 spiro atoms. The Hall–Kier alpha value is -4.84. The van der Waals surface area contributed by atoms with Crippen molar-refractivity contribution in [2.75, 3.05) is 39.4 Å². The molecule has 1 amide bonds. The Bertz CT molecular complexity index is 1530. The lowest BCUT2D eigenvalue weighted by Crippen LogP contribution is -2.29. The van der Waals surface area contributed by atoms with Crippen molar-refractivity contribution < 1.29 is 43.2 Å². The van der Waals surface area contributed by atoms with Gasteiger partial charge in [0.2, 0.25) is 5.75 Å². The van der Waals surface area contributed by atoms with Gasteiger partial charge < -0.3 is 28.8 Å². The van der Waals surface area contributed by atoms with Crippen LogP contribution < -0.4 is 23.8 Å². The molecular weight excluding hydrogens is 564 g/mol. The zero-order valence-corrected chi connectivity index (χ0v) is 24.6. The quantitative estimate of drug-likeness (QED) is 0.108. The van der Waals surface area contributed by atoms with Gasteiger partial charge in [0.25, 0.3) is 5.78 Å². The van der Waals surface area contributed by atoms with E-state index in [2.05, 4.69) is 11.6 Å². The van der Waals surface area contributed by atoms with Crippen LogP contribution in [0.15, 0.2) is 54.6 Å². The van der Waals surface area contributed by atoms with E-state index >= 15 is 0 Å². The van der Waals surface area contributed by atoms with E-state index in [0.717, 1.165) is 16.2 Å². The lowest BCUT2D eigenvalue weighted by Gasteiger charge is -2.24. The summed E-state index contributed by atoms with van der Waals surface area (Å²) in [6.07, 6.45) is 1.60. The zero-order valence-electron chi connectivity index (χ0n) is 23.8. The number of ketones is 1. The molecule has 0 radical (unpaired) electrons. The van der Waals surface area contributed by atoms with Gasteiger partial charge in [0.15, 0.2) is 16.6 Å². The third-order valence-corrected chi connectivity index (χ3v) is 7.53. The zero-order chi connectivity index (χ0) is 30.6. The summed E-state index contributed by atoms with van der Waals surface area (Å²) in [5, 5.41) is 11.6. The lowest BCUT2D eigenvalue weighted by molar-refractivity contribution is -0.132. The Morgan fingerprint density at radius 2 is 1.74 bits per heavy atom. The van der Waals surface area contributed by atoms with Gasteiger partial charge in [-0.15, -0.1) is 0 Å². The highest BCUT2D eigenvalue weighted by atomic mass is 32.1. The summed E-state index contributed by atoms with van der Waals surface area (Å²) < 4.78 is 27.1. The van der Waals surface area contributed by atoms with Crippen LogP contribution in [-0.2, 0) is 14.3 Å². The van der Waals surface area contributed by atoms with Gasteiger partial charge in [0.1, 0.15) is 23.0 Å². The Labute approximate surface area is 246 Å². The molecule has 3 aromatic rings. The van der Waals surface area contributed by atoms with Gasteiger partial charge >= 0.3 is 11.9 Å². The fourth-order valence-electron chi connectivity index (χ4n) is 4.50. The first-order chi connectivity index (χ1) is 20.2. The molecule has 1 fully saturated rings. The van der Waals surface area contributed by atoms with Crippen molar-refractivity contribution >= 4 is 39.9 Å². The Kier molecular flexibility index (Phi) is 9.16. The number of benzene rings is 2. The van der Waals surface area contributed by atoms with Crippen LogP contribution in [0.2, 0.25) is 0 Å². The largest absolute Gasteiger partial charge is 0.507 e. The third-order valence-electron chi connectivity index (χ3n) is 6.40. The van der Waals surface area contributed by atoms with Crippen LogP contribution in [0, 0.1) is 6.92 Å². The van der Waals surface area contributed by atoms with Crippen LogP contribution in [-0.4, -0.2) is 62.3 Å². The highest BCUT2D eigenvalue weighted by Gasteiger charge is 2.49. The number of anilines is 1. The number of carbonyl (C=O) groups excluding carboxylic acids is 3. The van der Waals surface area contributed by atoms with Crippen LogP contribution in [0.5, 0.6) is 23.0 Å². The highest BCUT2D eigenvalue weighted by Crippen LogP contribution is 2.48. The Morgan fingerprint density at radius 1 is 1.10 bits per heavy atom. The van der Waals surface area contributed by atoms with E-state index in [1.165, 1.54) is 21.3 Å². The number of Topliss-reactive ketones (excluding diaryl/α,β-unsaturated/α-hetero) is 1. The maximum absolute atomic E-state index is 13.6. The van der Waals surface area contributed by atoms with Gasteiger partial charge in [-0.3, -0.25) is 14.5 Å². The maximum Gasteiger partial charge on any atom is 0.350 e. The number of aromatic nitrogens is 1. The van der Waals surface area contributed by atoms with E-state index in [0.29, 0.717) is 29.4 Å². The first-order valence-electron chi connectivity index (χ1n) is 12.8. The molecule has 42 heavy (non-hydrogen) atoms. The number of aliphatic hydroxyl groups is 1. The van der Waals surface area contributed by atoms with Crippen molar-refractivity contribution in [2.24, 2.45) is 0 Å². The van der Waals surface area contributed by atoms with Gasteiger partial charge in [-0.05, 0) is 55.8 Å². The van der Waals surface area contributed by atoms with Gasteiger partial charge in [-0.1, -0.05) is 24.0 Å². The summed E-state index contributed by atoms with van der Waals surface area (Å²) in [5.41, 5.74) is 0.773. The maximum atomic E-state index is 13.6. The van der Waals surface area contributed by atoms with E-state index in [4.69, 9.17) is 23.7 Å². The highest BCUT2D eigenvalue weighted by molar-refractivity contribution is 7.17. The summed E-state index contributed by atoms with van der Waals surface area (Å²) >= 11 is 0.907. The Morgan fingerprint density at radius 3 is 2.29 bits per heavy atom. The fourth-order valence-corrected chi connectivity index (χ4v) is 5.48. The number of hydrogen-bond acceptors (Lipinski definition) is 11. The van der Waals surface area contributed by atoms with Crippen molar-refractivity contribution in [1.82, 2.24) is 4.98 Å². The summed E-state index contributed by atoms with van der Waals surface area (Å²) in [7, 11) is 4.32. The summed E-state index contributed by atoms with van der Waals surface area (Å²) in [5.74, 6) is -1.54. The molecule has 1 aliphatic rings.